The first-order valence-corrected chi connectivity index (χ1v) is 15.8. The molecule has 0 saturated carbocycles. The van der Waals surface area contributed by atoms with E-state index in [1.54, 1.807) is 13.8 Å². The number of fused-ring (bicyclic) bond motifs is 2. The second-order valence-corrected chi connectivity index (χ2v) is 13.4. The number of Topliss-reactive ketones (excluding diaryl/α,β-unsaturated/α-hetero) is 4. The molecule has 0 fully saturated rings. The minimum absolute atomic E-state index is 0.0487. The first-order chi connectivity index (χ1) is 21.4. The lowest BCUT2D eigenvalue weighted by molar-refractivity contribution is -0.146. The predicted molar refractivity (Wildman–Crippen MR) is 171 cm³/mol. The Labute approximate surface area is 264 Å². The zero-order chi connectivity index (χ0) is 32.3. The summed E-state index contributed by atoms with van der Waals surface area (Å²) in [5, 5.41) is 0. The maximum atomic E-state index is 15.0. The molecular formula is C39H40O6. The van der Waals surface area contributed by atoms with Gasteiger partial charge in [0.1, 0.15) is 23.0 Å². The first-order valence-electron chi connectivity index (χ1n) is 15.8. The van der Waals surface area contributed by atoms with Crippen molar-refractivity contribution < 1.29 is 28.7 Å². The number of benzene rings is 2. The van der Waals surface area contributed by atoms with Gasteiger partial charge < -0.3 is 9.47 Å². The molecule has 0 saturated heterocycles. The molecule has 0 spiro atoms. The van der Waals surface area contributed by atoms with Crippen molar-refractivity contribution in [3.63, 3.8) is 0 Å². The fourth-order valence-corrected chi connectivity index (χ4v) is 7.97. The van der Waals surface area contributed by atoms with Crippen molar-refractivity contribution in [2.45, 2.75) is 73.0 Å². The molecule has 6 atom stereocenters. The standard InChI is InChI=1S/C39H40O6/c1-22-26(5)44-19-30-32(22)24(3)34(40)38(36(30)42,17-28-13-9-7-10-14-28)21-39(18-29-15-11-8-12-16-29)35(41)25(4)33-23(2)27(6)45-20-31(33)37(39)43/h7-16,19-20,22-23,26-27H,17-18,21H2,1-6H3. The van der Waals surface area contributed by atoms with E-state index >= 15 is 0 Å². The summed E-state index contributed by atoms with van der Waals surface area (Å²) in [5.74, 6) is -1.81. The lowest BCUT2D eigenvalue weighted by atomic mass is 9.52. The van der Waals surface area contributed by atoms with Crippen molar-refractivity contribution in [2.75, 3.05) is 0 Å². The van der Waals surface area contributed by atoms with Gasteiger partial charge in [-0.25, -0.2) is 0 Å². The van der Waals surface area contributed by atoms with Crippen LogP contribution in [0.4, 0.5) is 0 Å². The molecule has 2 aromatic rings. The number of rotatable bonds is 6. The average molecular weight is 605 g/mol. The highest BCUT2D eigenvalue weighted by atomic mass is 16.5. The molecule has 0 bridgehead atoms. The van der Waals surface area contributed by atoms with E-state index in [1.165, 1.54) is 12.5 Å². The van der Waals surface area contributed by atoms with E-state index in [4.69, 9.17) is 9.47 Å². The lowest BCUT2D eigenvalue weighted by Gasteiger charge is -2.47. The fourth-order valence-electron chi connectivity index (χ4n) is 7.97. The van der Waals surface area contributed by atoms with E-state index in [0.717, 1.165) is 11.1 Å². The first kappa shape index (κ1) is 30.7. The summed E-state index contributed by atoms with van der Waals surface area (Å²) < 4.78 is 11.8. The summed E-state index contributed by atoms with van der Waals surface area (Å²) in [6.45, 7) is 11.3. The SMILES string of the molecule is CC1=C2C(=COC(C)C2C)C(=O)C(Cc2ccccc2)(CC2(Cc3ccccc3)C(=O)C3=COC(C)C(C)C3=C(C)C2=O)C1=O. The molecule has 0 radical (unpaired) electrons. The van der Waals surface area contributed by atoms with Crippen LogP contribution < -0.4 is 0 Å². The van der Waals surface area contributed by atoms with Crippen LogP contribution in [0.5, 0.6) is 0 Å². The maximum Gasteiger partial charge on any atom is 0.180 e. The summed E-state index contributed by atoms with van der Waals surface area (Å²) >= 11 is 0. The summed E-state index contributed by atoms with van der Waals surface area (Å²) in [6, 6.07) is 18.7. The highest BCUT2D eigenvalue weighted by Crippen LogP contribution is 2.54. The number of allylic oxidation sites excluding steroid dienone is 4. The Morgan fingerprint density at radius 1 is 0.556 bits per heavy atom. The number of hydrogen-bond acceptors (Lipinski definition) is 6. The molecular weight excluding hydrogens is 564 g/mol. The highest BCUT2D eigenvalue weighted by molar-refractivity contribution is 6.29. The average Bonchev–Trinajstić information content (AvgIpc) is 3.04. The normalized spacial score (nSPS) is 31.5. The quantitative estimate of drug-likeness (QED) is 0.343. The van der Waals surface area contributed by atoms with E-state index in [1.807, 2.05) is 88.4 Å². The monoisotopic (exact) mass is 604 g/mol. The van der Waals surface area contributed by atoms with Crippen LogP contribution in [-0.4, -0.2) is 35.3 Å². The molecule has 6 heteroatoms. The number of ether oxygens (including phenoxy) is 2. The van der Waals surface area contributed by atoms with Crippen LogP contribution in [0.1, 0.15) is 59.1 Å². The van der Waals surface area contributed by atoms with Gasteiger partial charge >= 0.3 is 0 Å². The molecule has 6 nitrogen and oxygen atoms in total. The molecule has 232 valence electrons. The minimum Gasteiger partial charge on any atom is -0.497 e. The topological polar surface area (TPSA) is 86.7 Å². The van der Waals surface area contributed by atoms with Gasteiger partial charge in [0, 0.05) is 11.8 Å². The third-order valence-corrected chi connectivity index (χ3v) is 10.7. The molecule has 45 heavy (non-hydrogen) atoms. The smallest absolute Gasteiger partial charge is 0.180 e. The Balaban J connectivity index is 1.60. The Morgan fingerprint density at radius 2 is 0.911 bits per heavy atom. The molecule has 4 aliphatic rings. The lowest BCUT2D eigenvalue weighted by Crippen LogP contribution is -2.57. The van der Waals surface area contributed by atoms with E-state index in [9.17, 15) is 19.2 Å². The van der Waals surface area contributed by atoms with Crippen molar-refractivity contribution in [3.8, 4) is 0 Å². The van der Waals surface area contributed by atoms with E-state index < -0.39 is 22.4 Å². The zero-order valence-electron chi connectivity index (χ0n) is 26.8. The van der Waals surface area contributed by atoms with Gasteiger partial charge in [0.2, 0.25) is 0 Å². The van der Waals surface area contributed by atoms with Crippen LogP contribution in [0.25, 0.3) is 0 Å². The van der Waals surface area contributed by atoms with Gasteiger partial charge in [-0.3, -0.25) is 19.2 Å². The van der Waals surface area contributed by atoms with Gasteiger partial charge in [0.05, 0.1) is 23.7 Å². The number of carbonyl (C=O) groups is 4. The molecule has 2 aliphatic heterocycles. The van der Waals surface area contributed by atoms with Crippen LogP contribution in [0.3, 0.4) is 0 Å². The van der Waals surface area contributed by atoms with Gasteiger partial charge in [0.25, 0.3) is 0 Å². The highest BCUT2D eigenvalue weighted by Gasteiger charge is 2.62. The molecule has 6 rings (SSSR count). The number of carbonyl (C=O) groups excluding carboxylic acids is 4. The summed E-state index contributed by atoms with van der Waals surface area (Å²) in [5.41, 5.74) is 1.19. The third kappa shape index (κ3) is 4.68. The van der Waals surface area contributed by atoms with E-state index in [0.29, 0.717) is 33.4 Å². The third-order valence-electron chi connectivity index (χ3n) is 10.7. The van der Waals surface area contributed by atoms with E-state index in [-0.39, 0.29) is 54.9 Å². The van der Waals surface area contributed by atoms with Gasteiger partial charge in [0.15, 0.2) is 23.1 Å². The Bertz CT molecular complexity index is 1550. The summed E-state index contributed by atoms with van der Waals surface area (Å²) in [4.78, 5) is 59.7. The zero-order valence-corrected chi connectivity index (χ0v) is 26.8. The second kappa shape index (κ2) is 11.2. The molecule has 0 N–H and O–H groups in total. The number of ketones is 4. The van der Waals surface area contributed by atoms with Crippen molar-refractivity contribution in [3.05, 3.63) is 118 Å². The van der Waals surface area contributed by atoms with Crippen molar-refractivity contribution in [2.24, 2.45) is 22.7 Å². The second-order valence-electron chi connectivity index (χ2n) is 13.4. The Hall–Kier alpha value is -4.32. The summed E-state index contributed by atoms with van der Waals surface area (Å²) in [6.07, 6.45) is 2.38. The molecule has 6 unspecified atom stereocenters. The van der Waals surface area contributed by atoms with Crippen molar-refractivity contribution >= 4 is 23.1 Å². The van der Waals surface area contributed by atoms with Crippen LogP contribution in [0.2, 0.25) is 0 Å². The van der Waals surface area contributed by atoms with Crippen molar-refractivity contribution in [1.82, 2.24) is 0 Å². The van der Waals surface area contributed by atoms with Crippen LogP contribution in [-0.2, 0) is 41.5 Å². The van der Waals surface area contributed by atoms with E-state index in [2.05, 4.69) is 0 Å². The molecule has 2 heterocycles. The molecule has 2 aromatic carbocycles. The van der Waals surface area contributed by atoms with Crippen LogP contribution >= 0.6 is 0 Å². The van der Waals surface area contributed by atoms with Gasteiger partial charge in [-0.2, -0.15) is 0 Å². The van der Waals surface area contributed by atoms with Crippen LogP contribution in [0, 0.1) is 22.7 Å². The molecule has 0 amide bonds. The Kier molecular flexibility index (Phi) is 7.67. The largest absolute Gasteiger partial charge is 0.497 e. The maximum absolute atomic E-state index is 15.0. The fraction of sp³-hybridized carbons (Fsp3) is 0.385. The van der Waals surface area contributed by atoms with Gasteiger partial charge in [-0.05, 0) is 80.4 Å². The van der Waals surface area contributed by atoms with Gasteiger partial charge in [-0.15, -0.1) is 0 Å². The predicted octanol–water partition coefficient (Wildman–Crippen LogP) is 6.65. The van der Waals surface area contributed by atoms with Gasteiger partial charge in [-0.1, -0.05) is 74.5 Å². The van der Waals surface area contributed by atoms with Crippen molar-refractivity contribution in [1.29, 1.82) is 0 Å². The Morgan fingerprint density at radius 3 is 1.27 bits per heavy atom. The number of hydrogen-bond donors (Lipinski definition) is 0. The minimum atomic E-state index is -1.71. The molecule has 0 aromatic heterocycles. The molecule has 2 aliphatic carbocycles. The van der Waals surface area contributed by atoms with Crippen LogP contribution in [0.15, 0.2) is 107 Å². The summed E-state index contributed by atoms with van der Waals surface area (Å²) in [7, 11) is 0.